The molecule has 6 nitrogen and oxygen atoms in total. The van der Waals surface area contributed by atoms with Crippen LogP contribution in [0, 0.1) is 0 Å². The quantitative estimate of drug-likeness (QED) is 0.329. The molecule has 0 bridgehead atoms. The van der Waals surface area contributed by atoms with Crippen molar-refractivity contribution in [2.75, 3.05) is 13.2 Å². The minimum absolute atomic E-state index is 0.158. The van der Waals surface area contributed by atoms with Gasteiger partial charge in [-0.2, -0.15) is 0 Å². The molecule has 4 aromatic rings. The number of rotatable bonds is 7. The highest BCUT2D eigenvalue weighted by atomic mass is 16.6. The number of ketones is 1. The van der Waals surface area contributed by atoms with Crippen LogP contribution in [0.25, 0.3) is 22.3 Å². The Bertz CT molecular complexity index is 1220. The number of carbonyl (C=O) groups excluding carboxylic acids is 2. The summed E-state index contributed by atoms with van der Waals surface area (Å²) in [6, 6.07) is 21.7. The average molecular weight is 412 g/mol. The van der Waals surface area contributed by atoms with Crippen molar-refractivity contribution in [3.8, 4) is 17.0 Å². The van der Waals surface area contributed by atoms with Gasteiger partial charge in [0.05, 0.1) is 12.3 Å². The number of fused-ring (bicyclic) bond motifs is 1. The Hall–Kier alpha value is -4.06. The van der Waals surface area contributed by atoms with Crippen molar-refractivity contribution in [1.29, 1.82) is 0 Å². The van der Waals surface area contributed by atoms with E-state index in [-0.39, 0.29) is 12.4 Å². The predicted octanol–water partition coefficient (Wildman–Crippen LogP) is 4.47. The number of hydrogen-bond donors (Lipinski definition) is 0. The highest BCUT2D eigenvalue weighted by Crippen LogP contribution is 2.27. The molecule has 0 saturated carbocycles. The Kier molecular flexibility index (Phi) is 5.98. The van der Waals surface area contributed by atoms with Crippen LogP contribution >= 0.6 is 0 Å². The van der Waals surface area contributed by atoms with Crippen molar-refractivity contribution in [3.05, 3.63) is 90.1 Å². The smallest absolute Gasteiger partial charge is 0.344 e. The number of benzene rings is 2. The van der Waals surface area contributed by atoms with E-state index < -0.39 is 5.97 Å². The molecule has 0 atom stereocenters. The maximum Gasteiger partial charge on any atom is 0.344 e. The van der Waals surface area contributed by atoms with Gasteiger partial charge in [0.15, 0.2) is 18.0 Å². The molecule has 0 spiro atoms. The third-order valence-electron chi connectivity index (χ3n) is 4.66. The first-order valence-corrected chi connectivity index (χ1v) is 9.90. The van der Waals surface area contributed by atoms with E-state index in [2.05, 4.69) is 9.97 Å². The number of carbonyl (C=O) groups is 2. The van der Waals surface area contributed by atoms with Crippen LogP contribution in [-0.2, 0) is 9.53 Å². The van der Waals surface area contributed by atoms with E-state index in [9.17, 15) is 9.59 Å². The zero-order chi connectivity index (χ0) is 21.6. The molecule has 0 fully saturated rings. The van der Waals surface area contributed by atoms with E-state index in [1.54, 1.807) is 37.4 Å². The van der Waals surface area contributed by atoms with E-state index in [1.807, 2.05) is 48.5 Å². The first-order chi connectivity index (χ1) is 15.2. The summed E-state index contributed by atoms with van der Waals surface area (Å²) in [5.74, 6) is -0.117. The Labute approximate surface area is 179 Å². The van der Waals surface area contributed by atoms with Gasteiger partial charge in [-0.25, -0.2) is 14.8 Å². The Morgan fingerprint density at radius 1 is 0.935 bits per heavy atom. The van der Waals surface area contributed by atoms with Gasteiger partial charge in [-0.05, 0) is 49.4 Å². The molecule has 4 rings (SSSR count). The molecule has 0 amide bonds. The lowest BCUT2D eigenvalue weighted by atomic mass is 9.97. The van der Waals surface area contributed by atoms with Gasteiger partial charge in [-0.15, -0.1) is 0 Å². The molecule has 2 heterocycles. The summed E-state index contributed by atoms with van der Waals surface area (Å²) in [5.41, 5.74) is 2.99. The fourth-order valence-electron chi connectivity index (χ4n) is 3.20. The number of pyridine rings is 2. The zero-order valence-electron chi connectivity index (χ0n) is 16.9. The summed E-state index contributed by atoms with van der Waals surface area (Å²) in [4.78, 5) is 33.8. The number of aromatic nitrogens is 2. The molecule has 31 heavy (non-hydrogen) atoms. The second-order valence-electron chi connectivity index (χ2n) is 6.75. The van der Waals surface area contributed by atoms with Crippen molar-refractivity contribution in [1.82, 2.24) is 9.97 Å². The van der Waals surface area contributed by atoms with Crippen molar-refractivity contribution in [2.24, 2.45) is 0 Å². The monoisotopic (exact) mass is 412 g/mol. The zero-order valence-corrected chi connectivity index (χ0v) is 16.9. The van der Waals surface area contributed by atoms with Gasteiger partial charge in [-0.3, -0.25) is 4.79 Å². The highest BCUT2D eigenvalue weighted by molar-refractivity contribution is 6.13. The molecule has 0 unspecified atom stereocenters. The van der Waals surface area contributed by atoms with Gasteiger partial charge in [0.1, 0.15) is 5.75 Å². The lowest BCUT2D eigenvalue weighted by Gasteiger charge is -2.11. The van der Waals surface area contributed by atoms with Crippen LogP contribution in [0.2, 0.25) is 0 Å². The van der Waals surface area contributed by atoms with E-state index in [0.717, 1.165) is 10.9 Å². The Morgan fingerprint density at radius 3 is 2.45 bits per heavy atom. The topological polar surface area (TPSA) is 78.4 Å². The van der Waals surface area contributed by atoms with Crippen molar-refractivity contribution in [2.45, 2.75) is 6.92 Å². The van der Waals surface area contributed by atoms with Crippen molar-refractivity contribution >= 4 is 22.8 Å². The number of hydrogen-bond acceptors (Lipinski definition) is 6. The van der Waals surface area contributed by atoms with Gasteiger partial charge >= 0.3 is 5.97 Å². The Morgan fingerprint density at radius 2 is 1.71 bits per heavy atom. The van der Waals surface area contributed by atoms with Gasteiger partial charge in [0, 0.05) is 28.3 Å². The van der Waals surface area contributed by atoms with E-state index in [0.29, 0.717) is 34.8 Å². The third kappa shape index (κ3) is 4.59. The molecule has 0 aliphatic carbocycles. The fourth-order valence-corrected chi connectivity index (χ4v) is 3.20. The standard InChI is InChI=1S/C25H20N2O4/c1-2-30-22(28)16-31-20-12-10-18(11-13-20)24(29)21-15-19-9-6-14-26-25(19)27-23(21)17-7-4-3-5-8-17/h3-15H,2,16H2,1H3. The summed E-state index contributed by atoms with van der Waals surface area (Å²) in [7, 11) is 0. The molecular formula is C25H20N2O4. The summed E-state index contributed by atoms with van der Waals surface area (Å²) in [6.45, 7) is 1.86. The number of ether oxygens (including phenoxy) is 2. The summed E-state index contributed by atoms with van der Waals surface area (Å²) in [5, 5.41) is 0.792. The molecule has 0 aliphatic rings. The summed E-state index contributed by atoms with van der Waals surface area (Å²) in [6.07, 6.45) is 1.68. The first-order valence-electron chi connectivity index (χ1n) is 9.90. The number of nitrogens with zero attached hydrogens (tertiary/aromatic N) is 2. The van der Waals surface area contributed by atoms with Crippen LogP contribution in [0.5, 0.6) is 5.75 Å². The molecule has 0 aliphatic heterocycles. The van der Waals surface area contributed by atoms with Crippen LogP contribution in [0.3, 0.4) is 0 Å². The molecule has 2 aromatic carbocycles. The van der Waals surface area contributed by atoms with Crippen LogP contribution in [-0.4, -0.2) is 34.9 Å². The minimum Gasteiger partial charge on any atom is -0.482 e. The summed E-state index contributed by atoms with van der Waals surface area (Å²) < 4.78 is 10.2. The normalized spacial score (nSPS) is 10.6. The maximum atomic E-state index is 13.4. The fraction of sp³-hybridized carbons (Fsp3) is 0.120. The Balaban J connectivity index is 1.66. The maximum absolute atomic E-state index is 13.4. The van der Waals surface area contributed by atoms with Crippen molar-refractivity contribution in [3.63, 3.8) is 0 Å². The molecule has 154 valence electrons. The summed E-state index contributed by atoms with van der Waals surface area (Å²) >= 11 is 0. The van der Waals surface area contributed by atoms with Crippen LogP contribution in [0.1, 0.15) is 22.8 Å². The van der Waals surface area contributed by atoms with Crippen LogP contribution < -0.4 is 4.74 Å². The molecule has 6 heteroatoms. The van der Waals surface area contributed by atoms with Crippen LogP contribution in [0.4, 0.5) is 0 Å². The molecular weight excluding hydrogens is 392 g/mol. The largest absolute Gasteiger partial charge is 0.482 e. The second-order valence-corrected chi connectivity index (χ2v) is 6.75. The van der Waals surface area contributed by atoms with Gasteiger partial charge < -0.3 is 9.47 Å². The molecule has 0 N–H and O–H groups in total. The minimum atomic E-state index is -0.439. The van der Waals surface area contributed by atoms with E-state index in [4.69, 9.17) is 9.47 Å². The SMILES string of the molecule is CCOC(=O)COc1ccc(C(=O)c2cc3cccnc3nc2-c2ccccc2)cc1. The molecule has 0 saturated heterocycles. The lowest BCUT2D eigenvalue weighted by Crippen LogP contribution is -2.14. The van der Waals surface area contributed by atoms with Crippen LogP contribution in [0.15, 0.2) is 79.0 Å². The molecule has 0 radical (unpaired) electrons. The third-order valence-corrected chi connectivity index (χ3v) is 4.66. The van der Waals surface area contributed by atoms with Gasteiger partial charge in [-0.1, -0.05) is 30.3 Å². The first kappa shape index (κ1) is 20.2. The van der Waals surface area contributed by atoms with Gasteiger partial charge in [0.25, 0.3) is 0 Å². The van der Waals surface area contributed by atoms with Crippen molar-refractivity contribution < 1.29 is 19.1 Å². The lowest BCUT2D eigenvalue weighted by molar-refractivity contribution is -0.145. The van der Waals surface area contributed by atoms with E-state index >= 15 is 0 Å². The number of esters is 1. The second kappa shape index (κ2) is 9.17. The predicted molar refractivity (Wildman–Crippen MR) is 117 cm³/mol. The highest BCUT2D eigenvalue weighted by Gasteiger charge is 2.18. The van der Waals surface area contributed by atoms with E-state index in [1.165, 1.54) is 0 Å². The average Bonchev–Trinajstić information content (AvgIpc) is 2.82. The molecule has 2 aromatic heterocycles. The van der Waals surface area contributed by atoms with Gasteiger partial charge in [0.2, 0.25) is 0 Å².